The van der Waals surface area contributed by atoms with Crippen LogP contribution in [0.4, 0.5) is 0 Å². The lowest BCUT2D eigenvalue weighted by molar-refractivity contribution is 0.0452. The first-order valence-corrected chi connectivity index (χ1v) is 9.23. The van der Waals surface area contributed by atoms with E-state index in [2.05, 4.69) is 0 Å². The highest BCUT2D eigenvalue weighted by molar-refractivity contribution is 6.32. The molecule has 1 aliphatic carbocycles. The summed E-state index contributed by atoms with van der Waals surface area (Å²) in [7, 11) is 1.21. The van der Waals surface area contributed by atoms with Crippen molar-refractivity contribution in [2.45, 2.75) is 6.10 Å². The maximum absolute atomic E-state index is 13.6. The molecular weight excluding hydrogens is 404 g/mol. The number of aromatic hydroxyl groups is 3. The van der Waals surface area contributed by atoms with Gasteiger partial charge in [0.25, 0.3) is 0 Å². The van der Waals surface area contributed by atoms with Crippen LogP contribution in [0.1, 0.15) is 59.4 Å². The summed E-state index contributed by atoms with van der Waals surface area (Å²) in [6.07, 6.45) is -1.03. The Hall–Kier alpha value is -4.33. The highest BCUT2D eigenvalue weighted by Gasteiger charge is 2.45. The van der Waals surface area contributed by atoms with Gasteiger partial charge >= 0.3 is 5.97 Å². The molecule has 0 bridgehead atoms. The van der Waals surface area contributed by atoms with Crippen LogP contribution in [0, 0.1) is 0 Å². The van der Waals surface area contributed by atoms with Gasteiger partial charge in [-0.15, -0.1) is 0 Å². The highest BCUT2D eigenvalue weighted by atomic mass is 16.5. The number of carbonyl (C=O) groups is 3. The monoisotopic (exact) mass is 418 g/mol. The van der Waals surface area contributed by atoms with Gasteiger partial charge in [0.2, 0.25) is 0 Å². The zero-order valence-corrected chi connectivity index (χ0v) is 16.0. The van der Waals surface area contributed by atoms with E-state index in [-0.39, 0.29) is 39.1 Å². The Morgan fingerprint density at radius 1 is 0.806 bits per heavy atom. The van der Waals surface area contributed by atoms with Gasteiger partial charge in [-0.1, -0.05) is 30.3 Å². The van der Waals surface area contributed by atoms with Crippen LogP contribution in [0.3, 0.4) is 0 Å². The quantitative estimate of drug-likeness (QED) is 0.424. The molecule has 0 spiro atoms. The number of hydrogen-bond acceptors (Lipinski definition) is 8. The first-order valence-electron chi connectivity index (χ1n) is 9.23. The van der Waals surface area contributed by atoms with E-state index in [1.807, 2.05) is 0 Å². The molecule has 1 unspecified atom stereocenters. The number of methoxy groups -OCH3 is 1. The molecule has 0 fully saturated rings. The molecule has 0 saturated carbocycles. The predicted molar refractivity (Wildman–Crippen MR) is 105 cm³/mol. The molecule has 154 valence electrons. The van der Waals surface area contributed by atoms with Crippen molar-refractivity contribution >= 4 is 17.5 Å². The number of phenols is 3. The van der Waals surface area contributed by atoms with Gasteiger partial charge in [-0.25, -0.2) is 4.79 Å². The molecule has 8 nitrogen and oxygen atoms in total. The number of hydrogen-bond donors (Lipinski definition) is 3. The van der Waals surface area contributed by atoms with Crippen molar-refractivity contribution in [3.8, 4) is 23.0 Å². The minimum atomic E-state index is -1.03. The van der Waals surface area contributed by atoms with E-state index in [1.165, 1.54) is 7.11 Å². The highest BCUT2D eigenvalue weighted by Crippen LogP contribution is 2.49. The summed E-state index contributed by atoms with van der Waals surface area (Å²) >= 11 is 0. The average molecular weight is 418 g/mol. The summed E-state index contributed by atoms with van der Waals surface area (Å²) in [5.41, 5.74) is -0.617. The van der Waals surface area contributed by atoms with E-state index in [1.54, 1.807) is 30.3 Å². The summed E-state index contributed by atoms with van der Waals surface area (Å²) in [5.74, 6) is -4.25. The maximum Gasteiger partial charge on any atom is 0.343 e. The molecule has 2 aliphatic rings. The molecule has 3 aromatic rings. The molecular formula is C23H14O8. The van der Waals surface area contributed by atoms with Crippen molar-refractivity contribution in [3.63, 3.8) is 0 Å². The zero-order valence-electron chi connectivity index (χ0n) is 16.0. The molecule has 0 saturated heterocycles. The molecule has 0 radical (unpaired) electrons. The van der Waals surface area contributed by atoms with Gasteiger partial charge in [0.15, 0.2) is 29.2 Å². The van der Waals surface area contributed by atoms with E-state index in [4.69, 9.17) is 9.47 Å². The summed E-state index contributed by atoms with van der Waals surface area (Å²) in [6, 6.07) is 10.5. The molecule has 3 aromatic carbocycles. The van der Waals surface area contributed by atoms with Crippen LogP contribution in [0.15, 0.2) is 42.5 Å². The number of esters is 1. The molecule has 8 heteroatoms. The summed E-state index contributed by atoms with van der Waals surface area (Å²) in [4.78, 5) is 39.4. The van der Waals surface area contributed by atoms with Crippen molar-refractivity contribution in [1.82, 2.24) is 0 Å². The Morgan fingerprint density at radius 3 is 2.16 bits per heavy atom. The largest absolute Gasteiger partial charge is 0.507 e. The number of cyclic esters (lactones) is 1. The molecule has 0 aromatic heterocycles. The number of carbonyl (C=O) groups excluding carboxylic acids is 3. The van der Waals surface area contributed by atoms with E-state index in [9.17, 15) is 29.7 Å². The van der Waals surface area contributed by atoms with Gasteiger partial charge in [-0.2, -0.15) is 0 Å². The van der Waals surface area contributed by atoms with Crippen molar-refractivity contribution in [3.05, 3.63) is 81.4 Å². The van der Waals surface area contributed by atoms with Crippen molar-refractivity contribution < 1.29 is 39.2 Å². The van der Waals surface area contributed by atoms with Crippen LogP contribution in [-0.2, 0) is 4.74 Å². The SMILES string of the molecule is COc1c(O)cc(O)c2c1C(=O)c1c(cc(O)c3c1C(c1ccccc1)OC3=O)C2=O. The normalized spacial score (nSPS) is 16.4. The van der Waals surface area contributed by atoms with Gasteiger partial charge < -0.3 is 24.8 Å². The number of ketones is 2. The van der Waals surface area contributed by atoms with E-state index >= 15 is 0 Å². The smallest absolute Gasteiger partial charge is 0.343 e. The lowest BCUT2D eigenvalue weighted by Crippen LogP contribution is -2.24. The number of phenolic OH excluding ortho intramolecular Hbond substituents is 3. The van der Waals surface area contributed by atoms with Gasteiger partial charge in [0, 0.05) is 22.8 Å². The molecule has 1 aliphatic heterocycles. The van der Waals surface area contributed by atoms with E-state index in [0.29, 0.717) is 5.56 Å². The third-order valence-electron chi connectivity index (χ3n) is 5.51. The van der Waals surface area contributed by atoms with Crippen molar-refractivity contribution in [1.29, 1.82) is 0 Å². The third kappa shape index (κ3) is 2.38. The summed E-state index contributed by atoms with van der Waals surface area (Å²) < 4.78 is 10.6. The standard InChI is InChI=1S/C23H14O8/c1-30-22-13(26)8-12(25)15-18(22)20(28)14-10(19(15)27)7-11(24)16-17(14)21(31-23(16)29)9-5-3-2-4-6-9/h2-8,21,24-26H,1H3. The second-order valence-electron chi connectivity index (χ2n) is 7.16. The third-order valence-corrected chi connectivity index (χ3v) is 5.51. The first-order chi connectivity index (χ1) is 14.8. The second-order valence-corrected chi connectivity index (χ2v) is 7.16. The molecule has 0 amide bonds. The molecule has 3 N–H and O–H groups in total. The van der Waals surface area contributed by atoms with Gasteiger partial charge in [0.05, 0.1) is 18.2 Å². The van der Waals surface area contributed by atoms with Crippen LogP contribution >= 0.6 is 0 Å². The van der Waals surface area contributed by atoms with Gasteiger partial charge in [-0.05, 0) is 11.6 Å². The van der Waals surface area contributed by atoms with Crippen LogP contribution in [0.5, 0.6) is 23.0 Å². The number of benzene rings is 3. The minimum absolute atomic E-state index is 0.0556. The lowest BCUT2D eigenvalue weighted by atomic mass is 9.78. The van der Waals surface area contributed by atoms with Gasteiger partial charge in [-0.3, -0.25) is 9.59 Å². The lowest BCUT2D eigenvalue weighted by Gasteiger charge is -2.24. The van der Waals surface area contributed by atoms with Crippen LogP contribution < -0.4 is 4.74 Å². The molecule has 31 heavy (non-hydrogen) atoms. The Labute approximate surface area is 174 Å². The molecule has 5 rings (SSSR count). The minimum Gasteiger partial charge on any atom is -0.507 e. The zero-order chi connectivity index (χ0) is 22.0. The Bertz CT molecular complexity index is 1320. The van der Waals surface area contributed by atoms with Crippen LogP contribution in [0.2, 0.25) is 0 Å². The average Bonchev–Trinajstić information content (AvgIpc) is 3.10. The first kappa shape index (κ1) is 18.7. The van der Waals surface area contributed by atoms with Crippen molar-refractivity contribution in [2.75, 3.05) is 7.11 Å². The van der Waals surface area contributed by atoms with Crippen LogP contribution in [0.25, 0.3) is 0 Å². The van der Waals surface area contributed by atoms with E-state index < -0.39 is 40.9 Å². The number of fused-ring (bicyclic) bond motifs is 4. The fourth-order valence-corrected chi connectivity index (χ4v) is 4.23. The maximum atomic E-state index is 13.6. The number of ether oxygens (including phenoxy) is 2. The second kappa shape index (κ2) is 6.33. The Morgan fingerprint density at radius 2 is 1.48 bits per heavy atom. The molecule has 1 atom stereocenters. The van der Waals surface area contributed by atoms with Crippen molar-refractivity contribution in [2.24, 2.45) is 0 Å². The summed E-state index contributed by atoms with van der Waals surface area (Å²) in [6.45, 7) is 0. The van der Waals surface area contributed by atoms with Gasteiger partial charge in [0.1, 0.15) is 17.1 Å². The van der Waals surface area contributed by atoms with Crippen LogP contribution in [-0.4, -0.2) is 40.0 Å². The Kier molecular flexibility index (Phi) is 3.82. The number of rotatable bonds is 2. The fraction of sp³-hybridized carbons (Fsp3) is 0.0870. The topological polar surface area (TPSA) is 130 Å². The molecule has 1 heterocycles. The predicted octanol–water partition coefficient (Wildman–Crippen LogP) is 2.85. The fourth-order valence-electron chi connectivity index (χ4n) is 4.23. The Balaban J connectivity index is 1.86. The summed E-state index contributed by atoms with van der Waals surface area (Å²) in [5, 5.41) is 30.9. The van der Waals surface area contributed by atoms with E-state index in [0.717, 1.165) is 12.1 Å².